The van der Waals surface area contributed by atoms with E-state index in [1.807, 2.05) is 0 Å². The number of rotatable bonds is 0. The average molecular weight is 662 g/mol. The second-order valence-corrected chi connectivity index (χ2v) is 1.56. The van der Waals surface area contributed by atoms with Gasteiger partial charge in [0.1, 0.15) is 0 Å². The summed E-state index contributed by atoms with van der Waals surface area (Å²) < 4.78 is 34.3. The van der Waals surface area contributed by atoms with Gasteiger partial charge in [0.25, 0.3) is 0 Å². The molecule has 0 spiro atoms. The minimum atomic E-state index is -5.62. The van der Waals surface area contributed by atoms with Crippen LogP contribution in [0.15, 0.2) is 0 Å². The predicted octanol–water partition coefficient (Wildman–Crippen LogP) is -2.77. The molecule has 0 fully saturated rings. The van der Waals surface area contributed by atoms with Crippen LogP contribution in [0.5, 0.6) is 0 Å². The van der Waals surface area contributed by atoms with Crippen LogP contribution in [0.2, 0.25) is 0 Å². The monoisotopic (exact) mass is 662 g/mol. The third-order valence-corrected chi connectivity index (χ3v) is 0. The Labute approximate surface area is 196 Å². The van der Waals surface area contributed by atoms with Crippen molar-refractivity contribution in [2.45, 2.75) is 0 Å². The quantitative estimate of drug-likeness (QED) is 0.260. The van der Waals surface area contributed by atoms with Gasteiger partial charge in [0.05, 0.1) is 0 Å². The van der Waals surface area contributed by atoms with Crippen LogP contribution in [0.3, 0.4) is 0 Å². The van der Waals surface area contributed by atoms with Crippen LogP contribution in [0.4, 0.5) is 0 Å². The van der Waals surface area contributed by atoms with Crippen molar-refractivity contribution >= 4 is 0 Å². The first-order valence-corrected chi connectivity index (χ1v) is 2.54. The van der Waals surface area contributed by atoms with Crippen molar-refractivity contribution in [3.8, 4) is 0 Å². The van der Waals surface area contributed by atoms with Gasteiger partial charge in [0.2, 0.25) is 0 Å². The Hall–Kier alpha value is 4.47. The summed E-state index contributed by atoms with van der Waals surface area (Å²) in [6.45, 7) is 0. The van der Waals surface area contributed by atoms with Crippen LogP contribution in [-0.2, 0) is 178 Å². The molecular formula is H8Fe9MnO6+27. The van der Waals surface area contributed by atoms with Gasteiger partial charge in [-0.15, -0.1) is 0 Å². The summed E-state index contributed by atoms with van der Waals surface area (Å²) in [6.07, 6.45) is 0. The van der Waals surface area contributed by atoms with Crippen LogP contribution < -0.4 is 4.19 Å². The Morgan fingerprint density at radius 3 is 0.625 bits per heavy atom. The molecule has 96 valence electrons. The van der Waals surface area contributed by atoms with E-state index in [0.717, 1.165) is 0 Å². The van der Waals surface area contributed by atoms with Crippen LogP contribution >= 0.6 is 0 Å². The predicted molar refractivity (Wildman–Crippen MR) is 13.7 cm³/mol. The van der Waals surface area contributed by atoms with Crippen molar-refractivity contribution in [2.24, 2.45) is 0 Å². The molecule has 0 atom stereocenters. The summed E-state index contributed by atoms with van der Waals surface area (Å²) >= 11 is -5.62. The van der Waals surface area contributed by atoms with Crippen LogP contribution in [-0.4, -0.2) is 11.0 Å². The third kappa shape index (κ3) is 282. The molecule has 0 heterocycles. The normalized spacial score (nSPS) is 3.56. The van der Waals surface area contributed by atoms with Gasteiger partial charge in [0, 0.05) is 0 Å². The first-order chi connectivity index (χ1) is 2.00. The second-order valence-electron chi connectivity index (χ2n) is 0.378. The molecule has 4 N–H and O–H groups in total. The van der Waals surface area contributed by atoms with Crippen molar-refractivity contribution in [3.63, 3.8) is 0 Å². The standard InChI is InChI=1S/9Fe.Mn.2H2O.4O/h;;;;;;;;;;2*1H2;;;;/q3*+2;6*+3;;;;;;;-1/p+4. The molecule has 0 aliphatic carbocycles. The zero-order chi connectivity index (χ0) is 4.50. The Morgan fingerprint density at radius 2 is 0.625 bits per heavy atom. The summed E-state index contributed by atoms with van der Waals surface area (Å²) in [7, 11) is 0. The molecule has 6 radical (unpaired) electrons. The van der Waals surface area contributed by atoms with Crippen LogP contribution in [0.25, 0.3) is 0 Å². The topological polar surface area (TPSA) is 137 Å². The van der Waals surface area contributed by atoms with Gasteiger partial charge < -0.3 is 11.0 Å². The van der Waals surface area contributed by atoms with E-state index in [1.165, 1.54) is 0 Å². The molecule has 0 unspecified atom stereocenters. The van der Waals surface area contributed by atoms with Crippen LogP contribution in [0.1, 0.15) is 5.71 Å². The average Bonchev–Trinajstić information content (AvgIpc) is 0.722. The molecule has 16 heavy (non-hydrogen) atoms. The van der Waals surface area contributed by atoms with E-state index in [4.69, 9.17) is 15.7 Å². The molecule has 6 nitrogen and oxygen atoms in total. The zero-order valence-electron chi connectivity index (χ0n) is 10.2. The molecule has 0 aromatic rings. The zero-order valence-corrected chi connectivity index (χ0v) is 17.3. The van der Waals surface area contributed by atoms with Gasteiger partial charge >= 0.3 is 188 Å². The summed E-state index contributed by atoms with van der Waals surface area (Å²) in [4.78, 5) is 0. The van der Waals surface area contributed by atoms with E-state index in [0.29, 0.717) is 0 Å². The molecule has 0 bridgehead atoms. The Kier molecular flexibility index (Phi) is 409. The van der Waals surface area contributed by atoms with E-state index in [2.05, 4.69) is 0 Å². The third-order valence-electron chi connectivity index (χ3n) is 0. The molecule has 16 heteroatoms. The van der Waals surface area contributed by atoms with Gasteiger partial charge in [-0.2, -0.15) is 0 Å². The van der Waals surface area contributed by atoms with Gasteiger partial charge in [-0.25, -0.2) is 0 Å². The molecule has 0 saturated heterocycles. The fraction of sp³-hybridized carbons (Fsp3) is 0. The van der Waals surface area contributed by atoms with Gasteiger partial charge in [-0.3, -0.25) is 0 Å². The van der Waals surface area contributed by atoms with Crippen molar-refractivity contribution in [2.75, 3.05) is 0 Å². The number of hydrogen-bond acceptors (Lipinski definition) is 4. The Balaban J connectivity index is -0.000000000762. The molecule has 0 aromatic carbocycles. The Morgan fingerprint density at radius 1 is 0.625 bits per heavy atom. The first kappa shape index (κ1) is 108. The molecule has 0 aromatic heterocycles. The maximum absolute atomic E-state index is 8.58. The van der Waals surface area contributed by atoms with Crippen molar-refractivity contribution < 1.29 is 199 Å². The minimum absolute atomic E-state index is 0. The van der Waals surface area contributed by atoms with E-state index in [-0.39, 0.29) is 170 Å². The maximum atomic E-state index is 8.58. The summed E-state index contributed by atoms with van der Waals surface area (Å²) in [5.41, 5.74) is 0. The fourth-order valence-corrected chi connectivity index (χ4v) is 0. The van der Waals surface area contributed by atoms with Crippen molar-refractivity contribution in [1.29, 1.82) is 0 Å². The van der Waals surface area contributed by atoms with Crippen molar-refractivity contribution in [3.05, 3.63) is 0 Å². The molecule has 0 amide bonds. The summed E-state index contributed by atoms with van der Waals surface area (Å²) in [5, 5.41) is 0. The second kappa shape index (κ2) is 60.6. The SMILES string of the molecule is O.O.[Fe+2].[Fe+2].[Fe+2].[Fe+3].[Fe+3].[Fe+3].[Fe+3].[Fe+3].[Fe+3].[H+].[H+].[H+].[H+].[O]=[Mn](=[O])(=[O])[O-]. The Bertz CT molecular complexity index is 156. The molecule has 0 aliphatic rings. The van der Waals surface area contributed by atoms with Crippen LogP contribution in [0, 0.1) is 0 Å². The first-order valence-electron chi connectivity index (χ1n) is 0.617. The summed E-state index contributed by atoms with van der Waals surface area (Å²) in [6, 6.07) is 0. The van der Waals surface area contributed by atoms with E-state index in [9.17, 15) is 0 Å². The fourth-order valence-electron chi connectivity index (χ4n) is 0. The van der Waals surface area contributed by atoms with E-state index >= 15 is 0 Å². The molecule has 0 aliphatic heterocycles. The van der Waals surface area contributed by atoms with E-state index < -0.39 is 13.0 Å². The van der Waals surface area contributed by atoms with Gasteiger partial charge in [0.15, 0.2) is 0 Å². The van der Waals surface area contributed by atoms with Gasteiger partial charge in [-0.1, -0.05) is 0 Å². The van der Waals surface area contributed by atoms with Crippen molar-refractivity contribution in [1.82, 2.24) is 0 Å². The number of hydrogen-bond donors (Lipinski definition) is 0. The molecule has 0 saturated carbocycles. The van der Waals surface area contributed by atoms with E-state index in [1.54, 1.807) is 0 Å². The van der Waals surface area contributed by atoms with Gasteiger partial charge in [-0.05, 0) is 0 Å². The molecule has 0 rings (SSSR count). The summed E-state index contributed by atoms with van der Waals surface area (Å²) in [5.74, 6) is 0. The molecular weight excluding hydrogens is 654 g/mol.